The number of carbonyl (C=O) groups excluding carboxylic acids is 1. The summed E-state index contributed by atoms with van der Waals surface area (Å²) in [6, 6.07) is 3.35. The van der Waals surface area contributed by atoms with E-state index in [9.17, 15) is 14.0 Å². The number of amides is 2. The zero-order valence-corrected chi connectivity index (χ0v) is 12.4. The second-order valence-corrected chi connectivity index (χ2v) is 5.16. The summed E-state index contributed by atoms with van der Waals surface area (Å²) >= 11 is 0. The lowest BCUT2D eigenvalue weighted by atomic mass is 9.97. The van der Waals surface area contributed by atoms with Crippen molar-refractivity contribution in [2.75, 3.05) is 25.0 Å². The Balaban J connectivity index is 2.00. The molecular formula is C16H17FN2O4. The summed E-state index contributed by atoms with van der Waals surface area (Å²) in [5, 5.41) is 11.6. The molecule has 1 aliphatic rings. The third kappa shape index (κ3) is 4.36. The van der Waals surface area contributed by atoms with Crippen LogP contribution < -0.4 is 10.1 Å². The molecule has 1 aromatic carbocycles. The fraction of sp³-hybridized carbons (Fsp3) is 0.375. The molecular weight excluding hydrogens is 303 g/mol. The molecule has 0 aliphatic carbocycles. The number of carboxylic acids is 1. The molecule has 1 saturated heterocycles. The molecule has 23 heavy (non-hydrogen) atoms. The third-order valence-electron chi connectivity index (χ3n) is 3.63. The van der Waals surface area contributed by atoms with Crippen molar-refractivity contribution in [1.29, 1.82) is 0 Å². The van der Waals surface area contributed by atoms with Gasteiger partial charge in [-0.15, -0.1) is 6.42 Å². The van der Waals surface area contributed by atoms with E-state index in [1.54, 1.807) is 0 Å². The Hall–Kier alpha value is -2.75. The van der Waals surface area contributed by atoms with Gasteiger partial charge in [0.2, 0.25) is 0 Å². The Morgan fingerprint density at radius 2 is 2.13 bits per heavy atom. The highest BCUT2D eigenvalue weighted by atomic mass is 19.1. The van der Waals surface area contributed by atoms with E-state index in [1.807, 2.05) is 0 Å². The molecule has 1 heterocycles. The fourth-order valence-corrected chi connectivity index (χ4v) is 2.36. The molecule has 0 atom stereocenters. The van der Waals surface area contributed by atoms with Gasteiger partial charge in [0.15, 0.2) is 0 Å². The number of halogens is 1. The smallest absolute Gasteiger partial charge is 0.321 e. The van der Waals surface area contributed by atoms with Crippen molar-refractivity contribution in [3.8, 4) is 18.1 Å². The first-order valence-corrected chi connectivity index (χ1v) is 7.16. The highest BCUT2D eigenvalue weighted by molar-refractivity contribution is 5.91. The van der Waals surface area contributed by atoms with Crippen LogP contribution in [0.2, 0.25) is 0 Å². The average Bonchev–Trinajstić information content (AvgIpc) is 2.55. The molecule has 1 fully saturated rings. The van der Waals surface area contributed by atoms with Crippen molar-refractivity contribution < 1.29 is 23.8 Å². The van der Waals surface area contributed by atoms with Gasteiger partial charge in [-0.25, -0.2) is 9.18 Å². The van der Waals surface area contributed by atoms with E-state index in [1.165, 1.54) is 17.0 Å². The Kier molecular flexibility index (Phi) is 5.41. The van der Waals surface area contributed by atoms with Gasteiger partial charge in [-0.1, -0.05) is 5.92 Å². The van der Waals surface area contributed by atoms with Crippen LogP contribution in [0.25, 0.3) is 0 Å². The summed E-state index contributed by atoms with van der Waals surface area (Å²) < 4.78 is 18.5. The van der Waals surface area contributed by atoms with Gasteiger partial charge >= 0.3 is 12.0 Å². The molecule has 7 heteroatoms. The molecule has 2 N–H and O–H groups in total. The number of nitrogens with one attached hydrogen (secondary N) is 1. The number of benzene rings is 1. The quantitative estimate of drug-likeness (QED) is 0.833. The van der Waals surface area contributed by atoms with Gasteiger partial charge in [-0.3, -0.25) is 4.79 Å². The number of aliphatic carboxylic acids is 1. The minimum atomic E-state index is -0.839. The topological polar surface area (TPSA) is 78.9 Å². The Bertz CT molecular complexity index is 633. The first-order valence-electron chi connectivity index (χ1n) is 7.16. The van der Waals surface area contributed by atoms with Gasteiger partial charge in [0.25, 0.3) is 0 Å². The fourth-order valence-electron chi connectivity index (χ4n) is 2.36. The van der Waals surface area contributed by atoms with E-state index < -0.39 is 17.7 Å². The molecule has 1 aromatic rings. The maximum absolute atomic E-state index is 13.3. The van der Waals surface area contributed by atoms with Crippen molar-refractivity contribution in [2.24, 2.45) is 5.92 Å². The Labute approximate surface area is 133 Å². The van der Waals surface area contributed by atoms with Crippen LogP contribution in [0.3, 0.4) is 0 Å². The predicted molar refractivity (Wildman–Crippen MR) is 81.7 cm³/mol. The first kappa shape index (κ1) is 16.6. The van der Waals surface area contributed by atoms with Crippen molar-refractivity contribution in [1.82, 2.24) is 4.90 Å². The molecule has 6 nitrogen and oxygen atoms in total. The number of piperidine rings is 1. The standard InChI is InChI=1S/C16H17FN2O4/c1-2-9-23-14-10-12(17)3-4-13(14)18-16(22)19-7-5-11(6-8-19)15(20)21/h1,3-4,10-11H,5-9H2,(H,18,22)(H,20,21). The molecule has 0 aromatic heterocycles. The van der Waals surface area contributed by atoms with Crippen LogP contribution in [0.15, 0.2) is 18.2 Å². The third-order valence-corrected chi connectivity index (χ3v) is 3.63. The summed E-state index contributed by atoms with van der Waals surface area (Å²) in [6.07, 6.45) is 5.93. The summed E-state index contributed by atoms with van der Waals surface area (Å²) in [4.78, 5) is 24.7. The molecule has 0 spiro atoms. The molecule has 0 radical (unpaired) electrons. The van der Waals surface area contributed by atoms with Crippen LogP contribution in [-0.4, -0.2) is 41.7 Å². The van der Waals surface area contributed by atoms with Crippen LogP contribution in [0.1, 0.15) is 12.8 Å². The summed E-state index contributed by atoms with van der Waals surface area (Å²) in [5.74, 6) is 0.662. The van der Waals surface area contributed by atoms with Gasteiger partial charge < -0.3 is 20.1 Å². The highest BCUT2D eigenvalue weighted by Crippen LogP contribution is 2.26. The molecule has 0 unspecified atom stereocenters. The average molecular weight is 320 g/mol. The van der Waals surface area contributed by atoms with E-state index >= 15 is 0 Å². The van der Waals surface area contributed by atoms with E-state index in [4.69, 9.17) is 16.3 Å². The zero-order valence-electron chi connectivity index (χ0n) is 12.4. The molecule has 0 bridgehead atoms. The molecule has 2 rings (SSSR count). The number of nitrogens with zero attached hydrogens (tertiary/aromatic N) is 1. The number of anilines is 1. The number of urea groups is 1. The summed E-state index contributed by atoms with van der Waals surface area (Å²) in [6.45, 7) is 0.658. The molecule has 2 amide bonds. The van der Waals surface area contributed by atoms with Crippen LogP contribution in [-0.2, 0) is 4.79 Å². The largest absolute Gasteiger partial charge is 0.481 e. The summed E-state index contributed by atoms with van der Waals surface area (Å²) in [7, 11) is 0. The second-order valence-electron chi connectivity index (χ2n) is 5.16. The van der Waals surface area contributed by atoms with E-state index in [0.717, 1.165) is 6.07 Å². The lowest BCUT2D eigenvalue weighted by Crippen LogP contribution is -2.42. The molecule has 1 aliphatic heterocycles. The molecule has 122 valence electrons. The zero-order chi connectivity index (χ0) is 16.8. The van der Waals surface area contributed by atoms with Crippen LogP contribution in [0.5, 0.6) is 5.75 Å². The minimum Gasteiger partial charge on any atom is -0.481 e. The number of terminal acetylenes is 1. The normalized spacial score (nSPS) is 14.9. The van der Waals surface area contributed by atoms with Gasteiger partial charge in [0.05, 0.1) is 11.6 Å². The number of ether oxygens (including phenoxy) is 1. The van der Waals surface area contributed by atoms with Gasteiger partial charge in [0.1, 0.15) is 18.2 Å². The van der Waals surface area contributed by atoms with Crippen molar-refractivity contribution in [2.45, 2.75) is 12.8 Å². The number of carbonyl (C=O) groups is 2. The Morgan fingerprint density at radius 1 is 1.43 bits per heavy atom. The second kappa shape index (κ2) is 7.49. The van der Waals surface area contributed by atoms with Gasteiger partial charge in [-0.2, -0.15) is 0 Å². The maximum atomic E-state index is 13.3. The van der Waals surface area contributed by atoms with E-state index in [-0.39, 0.29) is 18.4 Å². The number of rotatable bonds is 4. The van der Waals surface area contributed by atoms with E-state index in [2.05, 4.69) is 11.2 Å². The van der Waals surface area contributed by atoms with Crippen LogP contribution >= 0.6 is 0 Å². The number of likely N-dealkylation sites (tertiary alicyclic amines) is 1. The van der Waals surface area contributed by atoms with Crippen LogP contribution in [0.4, 0.5) is 14.9 Å². The van der Waals surface area contributed by atoms with Crippen molar-refractivity contribution >= 4 is 17.7 Å². The number of hydrogen-bond acceptors (Lipinski definition) is 3. The lowest BCUT2D eigenvalue weighted by molar-refractivity contribution is -0.143. The van der Waals surface area contributed by atoms with E-state index in [0.29, 0.717) is 31.6 Å². The Morgan fingerprint density at radius 3 is 2.74 bits per heavy atom. The molecule has 0 saturated carbocycles. The van der Waals surface area contributed by atoms with Gasteiger partial charge in [-0.05, 0) is 25.0 Å². The van der Waals surface area contributed by atoms with Crippen molar-refractivity contribution in [3.63, 3.8) is 0 Å². The summed E-state index contributed by atoms with van der Waals surface area (Å²) in [5.41, 5.74) is 0.312. The number of carboxylic acid groups (broad SMARTS) is 1. The number of hydrogen-bond donors (Lipinski definition) is 2. The lowest BCUT2D eigenvalue weighted by Gasteiger charge is -2.30. The minimum absolute atomic E-state index is 0.0453. The van der Waals surface area contributed by atoms with Crippen molar-refractivity contribution in [3.05, 3.63) is 24.0 Å². The first-order chi connectivity index (χ1) is 11.0. The predicted octanol–water partition coefficient (Wildman–Crippen LogP) is 2.17. The van der Waals surface area contributed by atoms with Crippen LogP contribution in [0, 0.1) is 24.1 Å². The highest BCUT2D eigenvalue weighted by Gasteiger charge is 2.27. The van der Waals surface area contributed by atoms with Gasteiger partial charge in [0, 0.05) is 19.2 Å². The maximum Gasteiger partial charge on any atom is 0.321 e. The monoisotopic (exact) mass is 320 g/mol. The SMILES string of the molecule is C#CCOc1cc(F)ccc1NC(=O)N1CCC(C(=O)O)CC1.